The molecule has 1 atom stereocenters. The molecule has 3 rings (SSSR count). The summed E-state index contributed by atoms with van der Waals surface area (Å²) in [5.74, 6) is 0. The summed E-state index contributed by atoms with van der Waals surface area (Å²) >= 11 is 0. The minimum atomic E-state index is 0.601. The van der Waals surface area contributed by atoms with Crippen LogP contribution in [0.15, 0.2) is 91.0 Å². The van der Waals surface area contributed by atoms with Crippen LogP contribution in [0.4, 0.5) is 0 Å². The first-order valence-corrected chi connectivity index (χ1v) is 8.90. The molecule has 0 nitrogen and oxygen atoms in total. The fourth-order valence-corrected chi connectivity index (χ4v) is 4.13. The Balaban J connectivity index is 1.74. The van der Waals surface area contributed by atoms with Crippen molar-refractivity contribution in [3.05, 3.63) is 102 Å². The van der Waals surface area contributed by atoms with Gasteiger partial charge in [0.15, 0.2) is 0 Å². The molecule has 0 aliphatic carbocycles. The molecule has 2 radical (unpaired) electrons. The van der Waals surface area contributed by atoms with Crippen molar-refractivity contribution in [3.63, 3.8) is 0 Å². The van der Waals surface area contributed by atoms with Crippen LogP contribution >= 0.6 is 0 Å². The molecule has 0 fully saturated rings. The predicted molar refractivity (Wildman–Crippen MR) is 95.8 cm³/mol. The van der Waals surface area contributed by atoms with Gasteiger partial charge < -0.3 is 0 Å². The molecule has 0 N–H and O–H groups in total. The van der Waals surface area contributed by atoms with E-state index < -0.39 is 0 Å². The van der Waals surface area contributed by atoms with Crippen molar-refractivity contribution in [2.75, 3.05) is 0 Å². The second-order valence-electron chi connectivity index (χ2n) is 5.50. The third kappa shape index (κ3) is 4.19. The van der Waals surface area contributed by atoms with Crippen molar-refractivity contribution >= 4 is 14.7 Å². The van der Waals surface area contributed by atoms with Crippen LogP contribution in [-0.4, -0.2) is 9.52 Å². The minimum Gasteiger partial charge on any atom is -0.0636 e. The number of hydrogen-bond donors (Lipinski definition) is 0. The van der Waals surface area contributed by atoms with Gasteiger partial charge in [0.25, 0.3) is 0 Å². The quantitative estimate of drug-likeness (QED) is 0.592. The molecular weight excluding hydrogens is 280 g/mol. The molecule has 1 unspecified atom stereocenters. The van der Waals surface area contributed by atoms with Gasteiger partial charge in [-0.05, 0) is 29.5 Å². The smallest absolute Gasteiger partial charge is 0.0636 e. The van der Waals surface area contributed by atoms with Crippen molar-refractivity contribution < 1.29 is 0 Å². The predicted octanol–water partition coefficient (Wildman–Crippen LogP) is 4.39. The van der Waals surface area contributed by atoms with E-state index in [1.807, 2.05) is 0 Å². The summed E-state index contributed by atoms with van der Waals surface area (Å²) in [6.45, 7) is 0. The van der Waals surface area contributed by atoms with Gasteiger partial charge in [0, 0.05) is 0 Å². The summed E-state index contributed by atoms with van der Waals surface area (Å²) < 4.78 is 0. The summed E-state index contributed by atoms with van der Waals surface area (Å²) in [4.78, 5) is 0. The topological polar surface area (TPSA) is 0 Å². The molecule has 0 heterocycles. The lowest BCUT2D eigenvalue weighted by atomic mass is 10.0. The van der Waals surface area contributed by atoms with Gasteiger partial charge >= 0.3 is 0 Å². The van der Waals surface area contributed by atoms with Crippen LogP contribution in [0.2, 0.25) is 0 Å². The molecule has 1 heteroatoms. The Bertz CT molecular complexity index is 662. The fraction of sp³-hybridized carbons (Fsp3) is 0.143. The summed E-state index contributed by atoms with van der Waals surface area (Å²) in [5, 5.41) is 1.45. The van der Waals surface area contributed by atoms with Gasteiger partial charge in [-0.3, -0.25) is 0 Å². The van der Waals surface area contributed by atoms with E-state index in [0.717, 1.165) is 15.9 Å². The molecule has 22 heavy (non-hydrogen) atoms. The number of hydrogen-bond acceptors (Lipinski definition) is 0. The molecule has 0 aromatic heterocycles. The van der Waals surface area contributed by atoms with Crippen molar-refractivity contribution in [2.24, 2.45) is 0 Å². The average molecular weight is 300 g/mol. The molecule has 0 amide bonds. The van der Waals surface area contributed by atoms with E-state index >= 15 is 0 Å². The maximum absolute atomic E-state index is 2.27. The van der Waals surface area contributed by atoms with Crippen molar-refractivity contribution in [2.45, 2.75) is 18.4 Å². The second-order valence-corrected chi connectivity index (χ2v) is 7.06. The monoisotopic (exact) mass is 300 g/mol. The Labute approximate surface area is 135 Å². The zero-order chi connectivity index (χ0) is 15.0. The third-order valence-corrected chi connectivity index (χ3v) is 5.52. The van der Waals surface area contributed by atoms with Gasteiger partial charge in [0.2, 0.25) is 0 Å². The molecule has 108 valence electrons. The number of benzene rings is 3. The summed E-state index contributed by atoms with van der Waals surface area (Å²) in [6, 6.07) is 32.6. The molecule has 3 aromatic carbocycles. The molecule has 0 saturated heterocycles. The Morgan fingerprint density at radius 3 is 1.82 bits per heavy atom. The number of rotatable bonds is 6. The Morgan fingerprint density at radius 2 is 1.18 bits per heavy atom. The molecule has 0 bridgehead atoms. The molecule has 0 spiro atoms. The summed E-state index contributed by atoms with van der Waals surface area (Å²) in [6.07, 6.45) is 2.33. The van der Waals surface area contributed by atoms with E-state index in [-0.39, 0.29) is 0 Å². The molecular formula is C21H20Si. The van der Waals surface area contributed by atoms with Gasteiger partial charge in [-0.25, -0.2) is 0 Å². The molecule has 0 saturated carbocycles. The van der Waals surface area contributed by atoms with Gasteiger partial charge in [0.05, 0.1) is 9.52 Å². The highest BCUT2D eigenvalue weighted by atomic mass is 28.2. The van der Waals surface area contributed by atoms with E-state index in [2.05, 4.69) is 91.0 Å². The van der Waals surface area contributed by atoms with Crippen LogP contribution in [0.1, 0.15) is 23.1 Å². The van der Waals surface area contributed by atoms with Gasteiger partial charge in [-0.15, -0.1) is 0 Å². The highest BCUT2D eigenvalue weighted by Gasteiger charge is 2.13. The lowest BCUT2D eigenvalue weighted by Gasteiger charge is -2.17. The molecule has 0 aliphatic heterocycles. The van der Waals surface area contributed by atoms with Crippen LogP contribution in [0.3, 0.4) is 0 Å². The average Bonchev–Trinajstić information content (AvgIpc) is 2.61. The van der Waals surface area contributed by atoms with Crippen molar-refractivity contribution in [1.29, 1.82) is 0 Å². The standard InChI is InChI=1S/C21H20Si/c1-4-10-18(11-5-1)16-17-21(19-12-6-2-7-13-19)22-20-14-8-3-9-15-20/h1-15,21H,16-17H2. The first-order chi connectivity index (χ1) is 10.9. The van der Waals surface area contributed by atoms with Crippen LogP contribution in [0.25, 0.3) is 0 Å². The lowest BCUT2D eigenvalue weighted by Crippen LogP contribution is -2.22. The lowest BCUT2D eigenvalue weighted by molar-refractivity contribution is 0.788. The number of aryl methyl sites for hydroxylation is 1. The van der Waals surface area contributed by atoms with E-state index in [1.54, 1.807) is 0 Å². The van der Waals surface area contributed by atoms with Gasteiger partial charge in [-0.2, -0.15) is 0 Å². The SMILES string of the molecule is c1ccc(CCC([Si]c2ccccc2)c2ccccc2)cc1. The second kappa shape index (κ2) is 7.76. The van der Waals surface area contributed by atoms with Crippen molar-refractivity contribution in [3.8, 4) is 0 Å². The fourth-order valence-electron chi connectivity index (χ4n) is 2.70. The van der Waals surface area contributed by atoms with E-state index in [0.29, 0.717) is 5.54 Å². The third-order valence-electron chi connectivity index (χ3n) is 3.88. The van der Waals surface area contributed by atoms with Gasteiger partial charge in [0.1, 0.15) is 0 Å². The first kappa shape index (κ1) is 14.8. The Kier molecular flexibility index (Phi) is 5.22. The summed E-state index contributed by atoms with van der Waals surface area (Å²) in [7, 11) is 0.825. The zero-order valence-electron chi connectivity index (χ0n) is 12.7. The van der Waals surface area contributed by atoms with E-state index in [4.69, 9.17) is 0 Å². The normalized spacial score (nSPS) is 12.0. The first-order valence-electron chi connectivity index (χ1n) is 7.82. The van der Waals surface area contributed by atoms with E-state index in [9.17, 15) is 0 Å². The largest absolute Gasteiger partial charge is 0.0890 e. The highest BCUT2D eigenvalue weighted by Crippen LogP contribution is 2.20. The van der Waals surface area contributed by atoms with Crippen LogP contribution < -0.4 is 5.19 Å². The molecule has 3 aromatic rings. The minimum absolute atomic E-state index is 0.601. The zero-order valence-corrected chi connectivity index (χ0v) is 13.7. The molecule has 0 aliphatic rings. The van der Waals surface area contributed by atoms with Crippen LogP contribution in [0.5, 0.6) is 0 Å². The summed E-state index contributed by atoms with van der Waals surface area (Å²) in [5.41, 5.74) is 3.49. The Morgan fingerprint density at radius 1 is 0.636 bits per heavy atom. The maximum Gasteiger partial charge on any atom is 0.0890 e. The van der Waals surface area contributed by atoms with Crippen LogP contribution in [0, 0.1) is 0 Å². The maximum atomic E-state index is 2.27. The van der Waals surface area contributed by atoms with Crippen LogP contribution in [-0.2, 0) is 6.42 Å². The highest BCUT2D eigenvalue weighted by molar-refractivity contribution is 6.55. The van der Waals surface area contributed by atoms with Gasteiger partial charge in [-0.1, -0.05) is 96.2 Å². The Hall–Kier alpha value is -2.12. The van der Waals surface area contributed by atoms with Crippen molar-refractivity contribution in [1.82, 2.24) is 0 Å². The van der Waals surface area contributed by atoms with E-state index in [1.165, 1.54) is 22.7 Å².